The maximum Gasteiger partial charge on any atom is 0.329 e. The molecule has 0 aromatic carbocycles. The second-order valence-electron chi connectivity index (χ2n) is 5.48. The van der Waals surface area contributed by atoms with Crippen LogP contribution in [0.2, 0.25) is 0 Å². The molecular weight excluding hydrogens is 194 g/mol. The molecule has 2 N–H and O–H groups in total. The highest BCUT2D eigenvalue weighted by atomic mass is 16.4. The molecule has 0 radical (unpaired) electrons. The number of rotatable bonds is 3. The van der Waals surface area contributed by atoms with Crippen LogP contribution in [0.1, 0.15) is 39.5 Å². The van der Waals surface area contributed by atoms with Gasteiger partial charge >= 0.3 is 5.97 Å². The van der Waals surface area contributed by atoms with Gasteiger partial charge in [-0.15, -0.1) is 0 Å². The number of carboxylic acids is 1. The van der Waals surface area contributed by atoms with Gasteiger partial charge in [0, 0.05) is 5.92 Å². The minimum absolute atomic E-state index is 0.00863. The van der Waals surface area contributed by atoms with Crippen LogP contribution >= 0.6 is 0 Å². The highest BCUT2D eigenvalue weighted by Crippen LogP contribution is 2.52. The van der Waals surface area contributed by atoms with E-state index < -0.39 is 11.5 Å². The van der Waals surface area contributed by atoms with Gasteiger partial charge in [-0.1, -0.05) is 13.8 Å². The smallest absolute Gasteiger partial charge is 0.329 e. The van der Waals surface area contributed by atoms with Crippen LogP contribution in [0.25, 0.3) is 0 Å². The van der Waals surface area contributed by atoms with Crippen molar-refractivity contribution in [3.05, 3.63) is 0 Å². The molecule has 0 spiro atoms. The quantitative estimate of drug-likeness (QED) is 0.736. The van der Waals surface area contributed by atoms with Crippen LogP contribution in [0.5, 0.6) is 0 Å². The lowest BCUT2D eigenvalue weighted by molar-refractivity contribution is -0.152. The van der Waals surface area contributed by atoms with Gasteiger partial charge in [0.2, 0.25) is 5.91 Å². The standard InChI is InChI=1S/C11H17NO3/c1-10(2)6-7(10)8(13)12-11(9(14)15)4-3-5-11/h7H,3-6H2,1-2H3,(H,12,13)(H,14,15). The molecule has 0 heterocycles. The van der Waals surface area contributed by atoms with Gasteiger partial charge in [-0.25, -0.2) is 4.79 Å². The number of hydrogen-bond donors (Lipinski definition) is 2. The summed E-state index contributed by atoms with van der Waals surface area (Å²) in [5.74, 6) is -0.961. The third-order valence-corrected chi connectivity index (χ3v) is 3.81. The lowest BCUT2D eigenvalue weighted by Gasteiger charge is -2.38. The topological polar surface area (TPSA) is 66.4 Å². The van der Waals surface area contributed by atoms with E-state index in [9.17, 15) is 9.59 Å². The molecule has 1 atom stereocenters. The summed E-state index contributed by atoms with van der Waals surface area (Å²) >= 11 is 0. The molecule has 4 nitrogen and oxygen atoms in total. The first kappa shape index (κ1) is 10.5. The Labute approximate surface area is 89.0 Å². The molecule has 0 aliphatic heterocycles. The van der Waals surface area contributed by atoms with Crippen LogP contribution in [0.3, 0.4) is 0 Å². The number of hydrogen-bond acceptors (Lipinski definition) is 2. The highest BCUT2D eigenvalue weighted by molar-refractivity contribution is 5.90. The number of carbonyl (C=O) groups excluding carboxylic acids is 1. The van der Waals surface area contributed by atoms with Crippen molar-refractivity contribution in [1.29, 1.82) is 0 Å². The van der Waals surface area contributed by atoms with Gasteiger partial charge in [-0.3, -0.25) is 4.79 Å². The Morgan fingerprint density at radius 3 is 2.13 bits per heavy atom. The summed E-state index contributed by atoms with van der Waals surface area (Å²) in [7, 11) is 0. The SMILES string of the molecule is CC1(C)CC1C(=O)NC1(C(=O)O)CCC1. The molecule has 2 aliphatic carbocycles. The number of amides is 1. The van der Waals surface area contributed by atoms with Gasteiger partial charge in [0.05, 0.1) is 0 Å². The number of carboxylic acid groups (broad SMARTS) is 1. The number of carbonyl (C=O) groups is 2. The fourth-order valence-corrected chi connectivity index (χ4v) is 2.16. The summed E-state index contributed by atoms with van der Waals surface area (Å²) in [5, 5.41) is 11.8. The minimum Gasteiger partial charge on any atom is -0.480 e. The Morgan fingerprint density at radius 2 is 1.87 bits per heavy atom. The average Bonchev–Trinajstić information content (AvgIpc) is 2.66. The zero-order chi connectivity index (χ0) is 11.3. The fourth-order valence-electron chi connectivity index (χ4n) is 2.16. The van der Waals surface area contributed by atoms with Gasteiger partial charge in [-0.2, -0.15) is 0 Å². The molecule has 0 saturated heterocycles. The van der Waals surface area contributed by atoms with E-state index in [1.165, 1.54) is 0 Å². The third kappa shape index (κ3) is 1.62. The molecule has 2 saturated carbocycles. The Balaban J connectivity index is 1.97. The summed E-state index contributed by atoms with van der Waals surface area (Å²) in [4.78, 5) is 22.8. The maximum atomic E-state index is 11.8. The van der Waals surface area contributed by atoms with Crippen LogP contribution in [0.4, 0.5) is 0 Å². The third-order valence-electron chi connectivity index (χ3n) is 3.81. The fraction of sp³-hybridized carbons (Fsp3) is 0.818. The predicted octanol–water partition coefficient (Wildman–Crippen LogP) is 1.16. The van der Waals surface area contributed by atoms with Gasteiger partial charge in [0.1, 0.15) is 5.54 Å². The molecule has 2 rings (SSSR count). The van der Waals surface area contributed by atoms with Crippen molar-refractivity contribution in [2.24, 2.45) is 11.3 Å². The largest absolute Gasteiger partial charge is 0.480 e. The van der Waals surface area contributed by atoms with E-state index in [0.29, 0.717) is 12.8 Å². The number of aliphatic carboxylic acids is 1. The zero-order valence-corrected chi connectivity index (χ0v) is 9.17. The summed E-state index contributed by atoms with van der Waals surface area (Å²) in [6, 6.07) is 0. The molecule has 84 valence electrons. The molecule has 2 fully saturated rings. The minimum atomic E-state index is -0.949. The van der Waals surface area contributed by atoms with Crippen LogP contribution < -0.4 is 5.32 Å². The molecule has 0 aromatic heterocycles. The first-order valence-corrected chi connectivity index (χ1v) is 5.43. The van der Waals surface area contributed by atoms with Crippen LogP contribution in [-0.2, 0) is 9.59 Å². The van der Waals surface area contributed by atoms with Crippen molar-refractivity contribution in [1.82, 2.24) is 5.32 Å². The maximum absolute atomic E-state index is 11.8. The molecule has 1 unspecified atom stereocenters. The van der Waals surface area contributed by atoms with Crippen molar-refractivity contribution in [3.8, 4) is 0 Å². The summed E-state index contributed by atoms with van der Waals surface area (Å²) in [6.07, 6.45) is 2.90. The first-order valence-electron chi connectivity index (χ1n) is 5.43. The molecule has 4 heteroatoms. The Hall–Kier alpha value is -1.06. The van der Waals surface area contributed by atoms with Crippen molar-refractivity contribution >= 4 is 11.9 Å². The van der Waals surface area contributed by atoms with E-state index in [4.69, 9.17) is 5.11 Å². The summed E-state index contributed by atoms with van der Waals surface area (Å²) in [6.45, 7) is 4.07. The predicted molar refractivity (Wildman–Crippen MR) is 54.2 cm³/mol. The Kier molecular flexibility index (Phi) is 2.07. The lowest BCUT2D eigenvalue weighted by Crippen LogP contribution is -2.59. The van der Waals surface area contributed by atoms with Crippen LogP contribution in [-0.4, -0.2) is 22.5 Å². The van der Waals surface area contributed by atoms with Crippen LogP contribution in [0.15, 0.2) is 0 Å². The van der Waals surface area contributed by atoms with Crippen molar-refractivity contribution in [2.45, 2.75) is 45.1 Å². The van der Waals surface area contributed by atoms with Gasteiger partial charge in [0.15, 0.2) is 0 Å². The molecule has 0 bridgehead atoms. The van der Waals surface area contributed by atoms with E-state index in [2.05, 4.69) is 5.32 Å². The zero-order valence-electron chi connectivity index (χ0n) is 9.17. The van der Waals surface area contributed by atoms with Crippen molar-refractivity contribution in [3.63, 3.8) is 0 Å². The van der Waals surface area contributed by atoms with Gasteiger partial charge in [0.25, 0.3) is 0 Å². The summed E-state index contributed by atoms with van der Waals surface area (Å²) in [5.41, 5.74) is -0.886. The van der Waals surface area contributed by atoms with Gasteiger partial charge in [-0.05, 0) is 31.1 Å². The second kappa shape index (κ2) is 2.97. The van der Waals surface area contributed by atoms with Gasteiger partial charge < -0.3 is 10.4 Å². The second-order valence-corrected chi connectivity index (χ2v) is 5.48. The lowest BCUT2D eigenvalue weighted by atomic mass is 9.76. The summed E-state index contributed by atoms with van der Waals surface area (Å²) < 4.78 is 0. The first-order chi connectivity index (χ1) is 6.87. The monoisotopic (exact) mass is 211 g/mol. The molecule has 0 aromatic rings. The van der Waals surface area contributed by atoms with E-state index in [-0.39, 0.29) is 17.2 Å². The molecule has 2 aliphatic rings. The van der Waals surface area contributed by atoms with E-state index in [1.807, 2.05) is 13.8 Å². The van der Waals surface area contributed by atoms with E-state index in [1.54, 1.807) is 0 Å². The van der Waals surface area contributed by atoms with Crippen molar-refractivity contribution < 1.29 is 14.7 Å². The molecule has 15 heavy (non-hydrogen) atoms. The molecule has 1 amide bonds. The van der Waals surface area contributed by atoms with Crippen LogP contribution in [0, 0.1) is 11.3 Å². The Bertz CT molecular complexity index is 318. The molecular formula is C11H17NO3. The van der Waals surface area contributed by atoms with E-state index >= 15 is 0 Å². The number of nitrogens with one attached hydrogen (secondary N) is 1. The highest BCUT2D eigenvalue weighted by Gasteiger charge is 2.54. The Morgan fingerprint density at radius 1 is 1.33 bits per heavy atom. The van der Waals surface area contributed by atoms with E-state index in [0.717, 1.165) is 12.8 Å². The average molecular weight is 211 g/mol. The van der Waals surface area contributed by atoms with Crippen molar-refractivity contribution in [2.75, 3.05) is 0 Å². The normalized spacial score (nSPS) is 30.1.